The van der Waals surface area contributed by atoms with Gasteiger partial charge in [-0.05, 0) is 24.8 Å². The maximum Gasteiger partial charge on any atom is 0.191 e. The Morgan fingerprint density at radius 1 is 1.50 bits per heavy atom. The van der Waals surface area contributed by atoms with Crippen molar-refractivity contribution in [1.82, 2.24) is 10.6 Å². The van der Waals surface area contributed by atoms with E-state index < -0.39 is 0 Å². The number of nitrogens with zero attached hydrogens (tertiary/aromatic N) is 1. The molecule has 1 aliphatic rings. The van der Waals surface area contributed by atoms with E-state index in [0.29, 0.717) is 0 Å². The number of aliphatic imine (C=N–C) groups is 1. The van der Waals surface area contributed by atoms with Crippen molar-refractivity contribution in [2.24, 2.45) is 10.9 Å². The van der Waals surface area contributed by atoms with Crippen LogP contribution in [0.25, 0.3) is 0 Å². The van der Waals surface area contributed by atoms with Gasteiger partial charge >= 0.3 is 0 Å². The molecule has 1 aliphatic carbocycles. The van der Waals surface area contributed by atoms with Crippen LogP contribution in [-0.2, 0) is 6.54 Å². The van der Waals surface area contributed by atoms with Crippen molar-refractivity contribution in [3.8, 4) is 0 Å². The first-order valence-corrected chi connectivity index (χ1v) is 5.84. The average molecular weight is 221 g/mol. The molecule has 1 heterocycles. The number of rotatable bonds is 4. The highest BCUT2D eigenvalue weighted by Crippen LogP contribution is 2.24. The molecule has 1 aromatic heterocycles. The molecule has 0 unspecified atom stereocenters. The fourth-order valence-corrected chi connectivity index (χ4v) is 1.74. The molecule has 88 valence electrons. The van der Waals surface area contributed by atoms with Crippen LogP contribution in [0, 0.1) is 5.92 Å². The second-order valence-corrected chi connectivity index (χ2v) is 4.24. The first-order valence-electron chi connectivity index (χ1n) is 5.84. The molecular formula is C12H19N3O. The summed E-state index contributed by atoms with van der Waals surface area (Å²) in [5.74, 6) is 1.71. The van der Waals surface area contributed by atoms with Crippen LogP contribution in [0.3, 0.4) is 0 Å². The highest BCUT2D eigenvalue weighted by molar-refractivity contribution is 5.79. The summed E-state index contributed by atoms with van der Waals surface area (Å²) < 4.78 is 5.00. The molecule has 4 heteroatoms. The largest absolute Gasteiger partial charge is 0.472 e. The standard InChI is InChI=1S/C12H19N3O/c1-13-12(14-7-10-3-2-4-10)15-8-11-5-6-16-9-11/h5-6,9-10H,2-4,7-8H2,1H3,(H2,13,14,15). The third kappa shape index (κ3) is 3.02. The van der Waals surface area contributed by atoms with Gasteiger partial charge in [0.2, 0.25) is 0 Å². The predicted octanol–water partition coefficient (Wildman–Crippen LogP) is 1.74. The molecule has 0 saturated heterocycles. The summed E-state index contributed by atoms with van der Waals surface area (Å²) in [6, 6.07) is 1.95. The first kappa shape index (κ1) is 11.0. The van der Waals surface area contributed by atoms with Gasteiger partial charge in [0.1, 0.15) is 0 Å². The lowest BCUT2D eigenvalue weighted by Gasteiger charge is -2.26. The Morgan fingerprint density at radius 2 is 2.38 bits per heavy atom. The summed E-state index contributed by atoms with van der Waals surface area (Å²) in [6.07, 6.45) is 7.51. The van der Waals surface area contributed by atoms with Gasteiger partial charge in [0, 0.05) is 25.7 Å². The summed E-state index contributed by atoms with van der Waals surface area (Å²) in [5.41, 5.74) is 1.13. The van der Waals surface area contributed by atoms with Crippen LogP contribution in [0.5, 0.6) is 0 Å². The number of nitrogens with one attached hydrogen (secondary N) is 2. The van der Waals surface area contributed by atoms with Gasteiger partial charge in [0.15, 0.2) is 5.96 Å². The van der Waals surface area contributed by atoms with Crippen LogP contribution in [0.15, 0.2) is 28.0 Å². The van der Waals surface area contributed by atoms with Gasteiger partial charge in [-0.3, -0.25) is 4.99 Å². The Balaban J connectivity index is 1.68. The Bertz CT molecular complexity index is 328. The van der Waals surface area contributed by atoms with E-state index in [1.807, 2.05) is 6.07 Å². The lowest BCUT2D eigenvalue weighted by atomic mass is 9.85. The SMILES string of the molecule is CN=C(NCc1ccoc1)NCC1CCC1. The molecular weight excluding hydrogens is 202 g/mol. The second-order valence-electron chi connectivity index (χ2n) is 4.24. The van der Waals surface area contributed by atoms with E-state index in [4.69, 9.17) is 4.42 Å². The Kier molecular flexibility index (Phi) is 3.86. The summed E-state index contributed by atoms with van der Waals surface area (Å²) in [4.78, 5) is 4.18. The number of hydrogen-bond acceptors (Lipinski definition) is 2. The van der Waals surface area contributed by atoms with Crippen LogP contribution < -0.4 is 10.6 Å². The van der Waals surface area contributed by atoms with Crippen molar-refractivity contribution in [1.29, 1.82) is 0 Å². The third-order valence-electron chi connectivity index (χ3n) is 3.05. The molecule has 0 atom stereocenters. The molecule has 1 fully saturated rings. The summed E-state index contributed by atoms with van der Waals surface area (Å²) in [5, 5.41) is 6.60. The normalized spacial score (nSPS) is 16.9. The van der Waals surface area contributed by atoms with E-state index in [1.54, 1.807) is 19.6 Å². The summed E-state index contributed by atoms with van der Waals surface area (Å²) in [6.45, 7) is 1.78. The Morgan fingerprint density at radius 3 is 2.94 bits per heavy atom. The molecule has 16 heavy (non-hydrogen) atoms. The Hall–Kier alpha value is -1.45. The van der Waals surface area contributed by atoms with Gasteiger partial charge in [0.25, 0.3) is 0 Å². The van der Waals surface area contributed by atoms with Crippen molar-refractivity contribution < 1.29 is 4.42 Å². The molecule has 0 spiro atoms. The fraction of sp³-hybridized carbons (Fsp3) is 0.583. The lowest BCUT2D eigenvalue weighted by molar-refractivity contribution is 0.314. The van der Waals surface area contributed by atoms with Crippen molar-refractivity contribution in [2.75, 3.05) is 13.6 Å². The molecule has 0 aliphatic heterocycles. The zero-order valence-electron chi connectivity index (χ0n) is 9.70. The van der Waals surface area contributed by atoms with Gasteiger partial charge in [-0.15, -0.1) is 0 Å². The maximum atomic E-state index is 5.00. The zero-order valence-corrected chi connectivity index (χ0v) is 9.70. The van der Waals surface area contributed by atoms with Crippen molar-refractivity contribution >= 4 is 5.96 Å². The van der Waals surface area contributed by atoms with Gasteiger partial charge in [0.05, 0.1) is 12.5 Å². The van der Waals surface area contributed by atoms with E-state index in [9.17, 15) is 0 Å². The number of guanidine groups is 1. The van der Waals surface area contributed by atoms with E-state index >= 15 is 0 Å². The summed E-state index contributed by atoms with van der Waals surface area (Å²) in [7, 11) is 1.80. The lowest BCUT2D eigenvalue weighted by Crippen LogP contribution is -2.40. The average Bonchev–Trinajstić information content (AvgIpc) is 2.73. The van der Waals surface area contributed by atoms with Crippen molar-refractivity contribution in [3.05, 3.63) is 24.2 Å². The number of furan rings is 1. The molecule has 4 nitrogen and oxygen atoms in total. The van der Waals surface area contributed by atoms with Gasteiger partial charge in [-0.1, -0.05) is 6.42 Å². The van der Waals surface area contributed by atoms with Crippen molar-refractivity contribution in [2.45, 2.75) is 25.8 Å². The molecule has 0 bridgehead atoms. The minimum atomic E-state index is 0.751. The molecule has 0 amide bonds. The maximum absolute atomic E-state index is 5.00. The minimum Gasteiger partial charge on any atom is -0.472 e. The topological polar surface area (TPSA) is 49.6 Å². The van der Waals surface area contributed by atoms with E-state index in [1.165, 1.54) is 19.3 Å². The smallest absolute Gasteiger partial charge is 0.191 e. The number of hydrogen-bond donors (Lipinski definition) is 2. The fourth-order valence-electron chi connectivity index (χ4n) is 1.74. The van der Waals surface area contributed by atoms with Crippen LogP contribution in [0.2, 0.25) is 0 Å². The highest BCUT2D eigenvalue weighted by Gasteiger charge is 2.17. The third-order valence-corrected chi connectivity index (χ3v) is 3.05. The van der Waals surface area contributed by atoms with E-state index in [-0.39, 0.29) is 0 Å². The Labute approximate surface area is 96.1 Å². The monoisotopic (exact) mass is 221 g/mol. The zero-order chi connectivity index (χ0) is 11.2. The second kappa shape index (κ2) is 5.58. The minimum absolute atomic E-state index is 0.751. The van der Waals surface area contributed by atoms with Gasteiger partial charge in [-0.25, -0.2) is 0 Å². The van der Waals surface area contributed by atoms with Crippen molar-refractivity contribution in [3.63, 3.8) is 0 Å². The molecule has 0 radical (unpaired) electrons. The van der Waals surface area contributed by atoms with E-state index in [2.05, 4.69) is 15.6 Å². The van der Waals surface area contributed by atoms with E-state index in [0.717, 1.165) is 30.5 Å². The molecule has 2 rings (SSSR count). The van der Waals surface area contributed by atoms with Crippen LogP contribution in [-0.4, -0.2) is 19.6 Å². The molecule has 0 aromatic carbocycles. The molecule has 1 saturated carbocycles. The van der Waals surface area contributed by atoms with Gasteiger partial charge in [-0.2, -0.15) is 0 Å². The summed E-state index contributed by atoms with van der Waals surface area (Å²) >= 11 is 0. The predicted molar refractivity (Wildman–Crippen MR) is 64.3 cm³/mol. The highest BCUT2D eigenvalue weighted by atomic mass is 16.3. The first-order chi connectivity index (χ1) is 7.88. The quantitative estimate of drug-likeness (QED) is 0.601. The van der Waals surface area contributed by atoms with Crippen LogP contribution in [0.1, 0.15) is 24.8 Å². The van der Waals surface area contributed by atoms with Crippen LogP contribution >= 0.6 is 0 Å². The molecule has 1 aromatic rings. The van der Waals surface area contributed by atoms with Gasteiger partial charge < -0.3 is 15.1 Å². The van der Waals surface area contributed by atoms with Crippen LogP contribution in [0.4, 0.5) is 0 Å². The molecule has 2 N–H and O–H groups in total.